The van der Waals surface area contributed by atoms with Crippen LogP contribution in [0.15, 0.2) is 63.5 Å². The fourth-order valence-corrected chi connectivity index (χ4v) is 5.34. The van der Waals surface area contributed by atoms with Crippen molar-refractivity contribution in [3.8, 4) is 0 Å². The lowest BCUT2D eigenvalue weighted by Crippen LogP contribution is -2.30. The van der Waals surface area contributed by atoms with Crippen molar-refractivity contribution in [2.75, 3.05) is 11.8 Å². The third kappa shape index (κ3) is 5.43. The number of esters is 1. The second kappa shape index (κ2) is 9.21. The predicted octanol–water partition coefficient (Wildman–Crippen LogP) is 3.64. The van der Waals surface area contributed by atoms with Crippen LogP contribution in [0.25, 0.3) is 0 Å². The van der Waals surface area contributed by atoms with E-state index in [-0.39, 0.29) is 16.5 Å². The first-order valence-electron chi connectivity index (χ1n) is 8.46. The number of sulfonamides is 1. The summed E-state index contributed by atoms with van der Waals surface area (Å²) in [4.78, 5) is 25.1. The van der Waals surface area contributed by atoms with Gasteiger partial charge in [-0.05, 0) is 47.2 Å². The number of methoxy groups -OCH3 is 1. The lowest BCUT2D eigenvalue weighted by Gasteiger charge is -2.16. The van der Waals surface area contributed by atoms with Crippen LogP contribution in [0, 0.1) is 0 Å². The smallest absolute Gasteiger partial charge is 0.307 e. The van der Waals surface area contributed by atoms with Crippen LogP contribution in [0.3, 0.4) is 0 Å². The summed E-state index contributed by atoms with van der Waals surface area (Å²) in [5, 5.41) is 6.37. The number of anilines is 1. The fourth-order valence-electron chi connectivity index (χ4n) is 2.52. The van der Waals surface area contributed by atoms with Gasteiger partial charge in [0.05, 0.1) is 19.6 Å². The molecule has 2 heterocycles. The van der Waals surface area contributed by atoms with Crippen LogP contribution < -0.4 is 10.0 Å². The maximum absolute atomic E-state index is 12.6. The third-order valence-corrected chi connectivity index (χ3v) is 7.71. The Labute approximate surface area is 176 Å². The summed E-state index contributed by atoms with van der Waals surface area (Å²) >= 11 is 2.55. The van der Waals surface area contributed by atoms with E-state index >= 15 is 0 Å². The fraction of sp³-hybridized carbons (Fsp3) is 0.158. The Kier molecular flexibility index (Phi) is 6.68. The Bertz CT molecular complexity index is 1060. The van der Waals surface area contributed by atoms with Crippen LogP contribution in [0.2, 0.25) is 0 Å². The van der Waals surface area contributed by atoms with Gasteiger partial charge in [-0.1, -0.05) is 12.1 Å². The molecule has 0 saturated carbocycles. The number of amides is 1. The van der Waals surface area contributed by atoms with Gasteiger partial charge in [-0.25, -0.2) is 8.42 Å². The van der Waals surface area contributed by atoms with Gasteiger partial charge in [0.15, 0.2) is 0 Å². The van der Waals surface area contributed by atoms with Gasteiger partial charge in [-0.15, -0.1) is 22.7 Å². The number of rotatable bonds is 8. The molecule has 2 aromatic heterocycles. The zero-order valence-corrected chi connectivity index (χ0v) is 17.8. The SMILES string of the molecule is COC(=O)CC(NC(=O)c1ccc(NS(=O)(=O)c2cccs2)cc1)c1cccs1. The Morgan fingerprint density at radius 1 is 1.03 bits per heavy atom. The molecule has 1 unspecified atom stereocenters. The molecule has 0 saturated heterocycles. The zero-order chi connectivity index (χ0) is 20.9. The van der Waals surface area contributed by atoms with Crippen molar-refractivity contribution in [3.05, 3.63) is 69.7 Å². The maximum Gasteiger partial charge on any atom is 0.307 e. The lowest BCUT2D eigenvalue weighted by molar-refractivity contribution is -0.141. The number of hydrogen-bond acceptors (Lipinski definition) is 7. The molecule has 3 rings (SSSR count). The molecule has 0 spiro atoms. The van der Waals surface area contributed by atoms with Crippen molar-refractivity contribution >= 4 is 50.3 Å². The van der Waals surface area contributed by atoms with E-state index in [1.54, 1.807) is 11.4 Å². The van der Waals surface area contributed by atoms with E-state index in [1.165, 1.54) is 48.8 Å². The van der Waals surface area contributed by atoms with Gasteiger partial charge in [0.25, 0.3) is 15.9 Å². The van der Waals surface area contributed by atoms with E-state index in [1.807, 2.05) is 17.5 Å². The van der Waals surface area contributed by atoms with Crippen molar-refractivity contribution in [2.45, 2.75) is 16.7 Å². The van der Waals surface area contributed by atoms with Crippen LogP contribution in [0.1, 0.15) is 27.7 Å². The summed E-state index contributed by atoms with van der Waals surface area (Å²) in [6, 6.07) is 12.4. The minimum Gasteiger partial charge on any atom is -0.469 e. The molecule has 0 bridgehead atoms. The van der Waals surface area contributed by atoms with Crippen molar-refractivity contribution in [1.29, 1.82) is 0 Å². The topological polar surface area (TPSA) is 102 Å². The molecule has 0 radical (unpaired) electrons. The quantitative estimate of drug-likeness (QED) is 0.510. The number of hydrogen-bond donors (Lipinski definition) is 2. The molecule has 1 aromatic carbocycles. The number of thiophene rings is 2. The normalized spacial score (nSPS) is 12.2. The molecule has 0 aliphatic heterocycles. The summed E-state index contributed by atoms with van der Waals surface area (Å²) < 4.78 is 31.9. The molecule has 152 valence electrons. The number of carbonyl (C=O) groups is 2. The van der Waals surface area contributed by atoms with E-state index in [4.69, 9.17) is 4.74 Å². The minimum absolute atomic E-state index is 0.0153. The van der Waals surface area contributed by atoms with Crippen molar-refractivity contribution < 1.29 is 22.7 Å². The van der Waals surface area contributed by atoms with E-state index in [2.05, 4.69) is 10.0 Å². The Morgan fingerprint density at radius 2 is 1.72 bits per heavy atom. The van der Waals surface area contributed by atoms with Crippen LogP contribution in [0.5, 0.6) is 0 Å². The first kappa shape index (κ1) is 21.0. The van der Waals surface area contributed by atoms with Gasteiger partial charge in [-0.2, -0.15) is 0 Å². The van der Waals surface area contributed by atoms with Gasteiger partial charge < -0.3 is 10.1 Å². The Hall–Kier alpha value is -2.69. The van der Waals surface area contributed by atoms with Gasteiger partial charge in [0, 0.05) is 16.1 Å². The predicted molar refractivity (Wildman–Crippen MR) is 113 cm³/mol. The Morgan fingerprint density at radius 3 is 2.31 bits per heavy atom. The molecule has 2 N–H and O–H groups in total. The average molecular weight is 451 g/mol. The van der Waals surface area contributed by atoms with Crippen LogP contribution in [0.4, 0.5) is 5.69 Å². The molecule has 7 nitrogen and oxygen atoms in total. The van der Waals surface area contributed by atoms with Gasteiger partial charge >= 0.3 is 5.97 Å². The molecule has 3 aromatic rings. The molecule has 0 fully saturated rings. The van der Waals surface area contributed by atoms with Crippen LogP contribution in [-0.2, 0) is 19.6 Å². The summed E-state index contributed by atoms with van der Waals surface area (Å²) in [5.41, 5.74) is 0.690. The number of nitrogens with one attached hydrogen (secondary N) is 2. The van der Waals surface area contributed by atoms with E-state index in [0.29, 0.717) is 11.3 Å². The standard InChI is InChI=1S/C19H18N2O5S3/c1-26-17(22)12-15(16-4-2-10-27-16)20-19(23)13-6-8-14(9-7-13)21-29(24,25)18-5-3-11-28-18/h2-11,15,21H,12H2,1H3,(H,20,23). The summed E-state index contributed by atoms with van der Waals surface area (Å²) in [5.74, 6) is -0.804. The molecular weight excluding hydrogens is 432 g/mol. The summed E-state index contributed by atoms with van der Waals surface area (Å²) in [6.07, 6.45) is 0.0153. The molecule has 1 amide bonds. The monoisotopic (exact) mass is 450 g/mol. The third-order valence-electron chi connectivity index (χ3n) is 3.95. The lowest BCUT2D eigenvalue weighted by atomic mass is 10.1. The highest BCUT2D eigenvalue weighted by Crippen LogP contribution is 2.24. The van der Waals surface area contributed by atoms with Crippen molar-refractivity contribution in [2.24, 2.45) is 0 Å². The highest BCUT2D eigenvalue weighted by Gasteiger charge is 2.21. The maximum atomic E-state index is 12.6. The molecule has 0 aliphatic rings. The van der Waals surface area contributed by atoms with Crippen LogP contribution in [-0.4, -0.2) is 27.4 Å². The second-order valence-corrected chi connectivity index (χ2v) is 9.77. The highest BCUT2D eigenvalue weighted by molar-refractivity contribution is 7.94. The van der Waals surface area contributed by atoms with E-state index in [9.17, 15) is 18.0 Å². The van der Waals surface area contributed by atoms with Gasteiger partial charge in [-0.3, -0.25) is 14.3 Å². The number of ether oxygens (including phenoxy) is 1. The average Bonchev–Trinajstić information content (AvgIpc) is 3.41. The molecular formula is C19H18N2O5S3. The first-order chi connectivity index (χ1) is 13.9. The van der Waals surface area contributed by atoms with E-state index < -0.39 is 22.0 Å². The van der Waals surface area contributed by atoms with Crippen LogP contribution >= 0.6 is 22.7 Å². The van der Waals surface area contributed by atoms with E-state index in [0.717, 1.165) is 16.2 Å². The van der Waals surface area contributed by atoms with Crippen molar-refractivity contribution in [1.82, 2.24) is 5.32 Å². The minimum atomic E-state index is -3.65. The second-order valence-electron chi connectivity index (χ2n) is 5.94. The largest absolute Gasteiger partial charge is 0.469 e. The molecule has 29 heavy (non-hydrogen) atoms. The number of benzene rings is 1. The summed E-state index contributed by atoms with van der Waals surface area (Å²) in [7, 11) is -2.35. The van der Waals surface area contributed by atoms with Crippen molar-refractivity contribution in [3.63, 3.8) is 0 Å². The first-order valence-corrected chi connectivity index (χ1v) is 11.7. The summed E-state index contributed by atoms with van der Waals surface area (Å²) in [6.45, 7) is 0. The highest BCUT2D eigenvalue weighted by atomic mass is 32.2. The Balaban J connectivity index is 1.70. The molecule has 1 atom stereocenters. The number of carbonyl (C=O) groups excluding carboxylic acids is 2. The van der Waals surface area contributed by atoms with Gasteiger partial charge in [0.2, 0.25) is 0 Å². The molecule has 10 heteroatoms. The van der Waals surface area contributed by atoms with Gasteiger partial charge in [0.1, 0.15) is 4.21 Å². The zero-order valence-electron chi connectivity index (χ0n) is 15.3. The molecule has 0 aliphatic carbocycles.